The molecule has 0 radical (unpaired) electrons. The second kappa shape index (κ2) is 14.4. The van der Waals surface area contributed by atoms with Crippen LogP contribution in [0.3, 0.4) is 0 Å². The molecule has 6 nitrogen and oxygen atoms in total. The molecule has 0 aromatic heterocycles. The molecule has 1 heterocycles. The second-order valence-corrected chi connectivity index (χ2v) is 12.5. The fraction of sp³-hybridized carbons (Fsp3) is 0.548. The molecule has 2 aromatic carbocycles. The van der Waals surface area contributed by atoms with Gasteiger partial charge in [0.25, 0.3) is 5.91 Å². The first-order chi connectivity index (χ1) is 18.7. The van der Waals surface area contributed by atoms with Gasteiger partial charge in [-0.3, -0.25) is 4.79 Å². The standard InChI is InChI=1S/C31H44N2O4S2/c1-7-9-16-31(17-10-8-2)21-33(4)24-18-27(38-6)25(19-26(24)39-22-31)37-20-28(34)32-30(3,29(35)36-5)23-14-12-11-13-15-23/h11-15,18-19H,7-10,16-17,20-22H2,1-6H3,(H,32,34). The van der Waals surface area contributed by atoms with Gasteiger partial charge in [0, 0.05) is 24.2 Å². The molecule has 3 rings (SSSR count). The van der Waals surface area contributed by atoms with E-state index < -0.39 is 17.4 Å². The predicted molar refractivity (Wildman–Crippen MR) is 163 cm³/mol. The Hall–Kier alpha value is -2.32. The maximum absolute atomic E-state index is 13.0. The number of carbonyl (C=O) groups excluding carboxylic acids is 2. The highest BCUT2D eigenvalue weighted by atomic mass is 32.2. The summed E-state index contributed by atoms with van der Waals surface area (Å²) in [6.07, 6.45) is 9.44. The molecule has 1 N–H and O–H groups in total. The Morgan fingerprint density at radius 2 is 1.79 bits per heavy atom. The van der Waals surface area contributed by atoms with Gasteiger partial charge in [0.15, 0.2) is 12.1 Å². The summed E-state index contributed by atoms with van der Waals surface area (Å²) in [5.74, 6) is 0.839. The van der Waals surface area contributed by atoms with Crippen molar-refractivity contribution in [3.63, 3.8) is 0 Å². The van der Waals surface area contributed by atoms with Crippen LogP contribution in [0.1, 0.15) is 64.9 Å². The predicted octanol–water partition coefficient (Wildman–Crippen LogP) is 6.90. The van der Waals surface area contributed by atoms with Gasteiger partial charge in [0.2, 0.25) is 0 Å². The van der Waals surface area contributed by atoms with E-state index in [1.54, 1.807) is 30.8 Å². The highest BCUT2D eigenvalue weighted by Crippen LogP contribution is 2.47. The van der Waals surface area contributed by atoms with Gasteiger partial charge in [-0.1, -0.05) is 69.9 Å². The Morgan fingerprint density at radius 1 is 1.13 bits per heavy atom. The molecule has 8 heteroatoms. The zero-order valence-electron chi connectivity index (χ0n) is 24.3. The van der Waals surface area contributed by atoms with Crippen LogP contribution < -0.4 is 15.0 Å². The first-order valence-corrected chi connectivity index (χ1v) is 16.1. The van der Waals surface area contributed by atoms with Gasteiger partial charge in [0.1, 0.15) is 5.75 Å². The van der Waals surface area contributed by atoms with Gasteiger partial charge < -0.3 is 19.7 Å². The number of thioether (sulfide) groups is 2. The van der Waals surface area contributed by atoms with E-state index >= 15 is 0 Å². The first kappa shape index (κ1) is 31.2. The number of fused-ring (bicyclic) bond motifs is 1. The van der Waals surface area contributed by atoms with Gasteiger partial charge >= 0.3 is 5.97 Å². The van der Waals surface area contributed by atoms with Crippen LogP contribution in [0.15, 0.2) is 52.3 Å². The van der Waals surface area contributed by atoms with Crippen molar-refractivity contribution in [1.82, 2.24) is 5.32 Å². The van der Waals surface area contributed by atoms with Crippen LogP contribution in [0.25, 0.3) is 0 Å². The van der Waals surface area contributed by atoms with Crippen LogP contribution in [-0.4, -0.2) is 51.2 Å². The zero-order chi connectivity index (χ0) is 28.5. The van der Waals surface area contributed by atoms with Crippen molar-refractivity contribution in [2.24, 2.45) is 5.41 Å². The van der Waals surface area contributed by atoms with E-state index in [1.807, 2.05) is 36.2 Å². The fourth-order valence-electron chi connectivity index (χ4n) is 5.29. The summed E-state index contributed by atoms with van der Waals surface area (Å²) < 4.78 is 11.1. The van der Waals surface area contributed by atoms with E-state index in [4.69, 9.17) is 9.47 Å². The number of amides is 1. The van der Waals surface area contributed by atoms with Gasteiger partial charge in [-0.25, -0.2) is 4.79 Å². The molecular formula is C31H44N2O4S2. The summed E-state index contributed by atoms with van der Waals surface area (Å²) in [6, 6.07) is 13.4. The van der Waals surface area contributed by atoms with Crippen LogP contribution >= 0.6 is 23.5 Å². The Kier molecular flexibility index (Phi) is 11.5. The Labute approximate surface area is 243 Å². The van der Waals surface area contributed by atoms with E-state index in [1.165, 1.54) is 56.2 Å². The lowest BCUT2D eigenvalue weighted by atomic mass is 9.79. The summed E-state index contributed by atoms with van der Waals surface area (Å²) in [4.78, 5) is 30.3. The number of unbranched alkanes of at least 4 members (excludes halogenated alkanes) is 2. The Morgan fingerprint density at radius 3 is 2.38 bits per heavy atom. The third-order valence-electron chi connectivity index (χ3n) is 7.58. The van der Waals surface area contributed by atoms with Crippen molar-refractivity contribution in [2.45, 2.75) is 74.6 Å². The molecule has 39 heavy (non-hydrogen) atoms. The van der Waals surface area contributed by atoms with Crippen molar-refractivity contribution >= 4 is 41.1 Å². The highest BCUT2D eigenvalue weighted by molar-refractivity contribution is 7.99. The summed E-state index contributed by atoms with van der Waals surface area (Å²) >= 11 is 3.52. The number of methoxy groups -OCH3 is 1. The molecular weight excluding hydrogens is 528 g/mol. The molecule has 0 aliphatic carbocycles. The number of ether oxygens (including phenoxy) is 2. The van der Waals surface area contributed by atoms with Crippen molar-refractivity contribution in [1.29, 1.82) is 0 Å². The number of anilines is 1. The lowest BCUT2D eigenvalue weighted by Crippen LogP contribution is -2.51. The molecule has 1 aliphatic heterocycles. The van der Waals surface area contributed by atoms with Crippen LogP contribution in [0, 0.1) is 5.41 Å². The first-order valence-electron chi connectivity index (χ1n) is 13.9. The van der Waals surface area contributed by atoms with Gasteiger partial charge in [-0.15, -0.1) is 23.5 Å². The third-order valence-corrected chi connectivity index (χ3v) is 9.73. The number of esters is 1. The van der Waals surface area contributed by atoms with Crippen LogP contribution in [0.2, 0.25) is 0 Å². The molecule has 1 aliphatic rings. The molecule has 0 spiro atoms. The largest absolute Gasteiger partial charge is 0.483 e. The topological polar surface area (TPSA) is 67.9 Å². The molecule has 0 saturated heterocycles. The van der Waals surface area contributed by atoms with E-state index in [9.17, 15) is 9.59 Å². The van der Waals surface area contributed by atoms with E-state index in [2.05, 4.69) is 43.2 Å². The molecule has 1 amide bonds. The second-order valence-electron chi connectivity index (χ2n) is 10.6. The molecule has 1 unspecified atom stereocenters. The summed E-state index contributed by atoms with van der Waals surface area (Å²) in [7, 11) is 3.52. The SMILES string of the molecule is CCCCC1(CCCC)CSc2cc(OCC(=O)NC(C)(C(=O)OC)c3ccccc3)c(SC)cc2N(C)C1. The van der Waals surface area contributed by atoms with Crippen molar-refractivity contribution < 1.29 is 19.1 Å². The summed E-state index contributed by atoms with van der Waals surface area (Å²) in [5, 5.41) is 2.84. The molecule has 2 aromatic rings. The molecule has 0 fully saturated rings. The van der Waals surface area contributed by atoms with Gasteiger partial charge in [-0.2, -0.15) is 0 Å². The maximum Gasteiger partial charge on any atom is 0.336 e. The molecule has 1 atom stereocenters. The number of nitrogens with zero attached hydrogens (tertiary/aromatic N) is 1. The third kappa shape index (κ3) is 7.66. The molecule has 0 saturated carbocycles. The normalized spacial score (nSPS) is 16.0. The maximum atomic E-state index is 13.0. The minimum absolute atomic E-state index is 0.205. The fourth-order valence-corrected chi connectivity index (χ4v) is 7.23. The summed E-state index contributed by atoms with van der Waals surface area (Å²) in [5.41, 5.74) is 0.846. The molecule has 214 valence electrons. The Balaban J connectivity index is 1.79. The molecule has 0 bridgehead atoms. The van der Waals surface area contributed by atoms with Crippen LogP contribution in [-0.2, 0) is 19.9 Å². The smallest absolute Gasteiger partial charge is 0.336 e. The van der Waals surface area contributed by atoms with E-state index in [-0.39, 0.29) is 6.61 Å². The van der Waals surface area contributed by atoms with E-state index in [0.717, 1.165) is 17.2 Å². The lowest BCUT2D eigenvalue weighted by molar-refractivity contribution is -0.151. The van der Waals surface area contributed by atoms with Crippen LogP contribution in [0.4, 0.5) is 5.69 Å². The number of hydrogen-bond acceptors (Lipinski definition) is 7. The van der Waals surface area contributed by atoms with Crippen molar-refractivity contribution in [3.8, 4) is 5.75 Å². The van der Waals surface area contributed by atoms with Crippen LogP contribution in [0.5, 0.6) is 5.75 Å². The van der Waals surface area contributed by atoms with Gasteiger partial charge in [-0.05, 0) is 49.1 Å². The average molecular weight is 573 g/mol. The van der Waals surface area contributed by atoms with E-state index in [0.29, 0.717) is 16.7 Å². The number of carbonyl (C=O) groups is 2. The highest BCUT2D eigenvalue weighted by Gasteiger charge is 2.38. The van der Waals surface area contributed by atoms with Gasteiger partial charge in [0.05, 0.1) is 17.7 Å². The monoisotopic (exact) mass is 572 g/mol. The number of benzene rings is 2. The zero-order valence-corrected chi connectivity index (χ0v) is 25.9. The number of nitrogens with one attached hydrogen (secondary N) is 1. The lowest BCUT2D eigenvalue weighted by Gasteiger charge is -2.36. The quantitative estimate of drug-likeness (QED) is 0.207. The van der Waals surface area contributed by atoms with Crippen molar-refractivity contribution in [2.75, 3.05) is 44.2 Å². The average Bonchev–Trinajstić information content (AvgIpc) is 3.09. The number of hydrogen-bond donors (Lipinski definition) is 1. The minimum atomic E-state index is -1.31. The van der Waals surface area contributed by atoms with Crippen molar-refractivity contribution in [3.05, 3.63) is 48.0 Å². The number of rotatable bonds is 13. The summed E-state index contributed by atoms with van der Waals surface area (Å²) in [6.45, 7) is 7.04. The Bertz CT molecular complexity index is 1100. The minimum Gasteiger partial charge on any atom is -0.483 e.